The summed E-state index contributed by atoms with van der Waals surface area (Å²) in [6.07, 6.45) is 0. The minimum atomic E-state index is 0.840. The van der Waals surface area contributed by atoms with Gasteiger partial charge in [0.25, 0.3) is 0 Å². The van der Waals surface area contributed by atoms with Crippen LogP contribution in [0.25, 0.3) is 0 Å². The molecule has 0 aromatic rings. The van der Waals surface area contributed by atoms with Crippen LogP contribution in [0.4, 0.5) is 0 Å². The molecule has 0 bridgehead atoms. The standard InChI is InChI=1S/C8H17IN2O/c1-2-12-8-7-10-3-5-11(9)6-4-10/h2-8H2,1H3. The van der Waals surface area contributed by atoms with Gasteiger partial charge in [-0.3, -0.25) is 4.90 Å². The Bertz CT molecular complexity index is 116. The monoisotopic (exact) mass is 284 g/mol. The summed E-state index contributed by atoms with van der Waals surface area (Å²) in [6.45, 7) is 9.62. The van der Waals surface area contributed by atoms with Crippen molar-refractivity contribution in [3.63, 3.8) is 0 Å². The molecule has 1 fully saturated rings. The molecule has 0 radical (unpaired) electrons. The molecule has 4 heteroatoms. The quantitative estimate of drug-likeness (QED) is 0.435. The van der Waals surface area contributed by atoms with Crippen molar-refractivity contribution in [2.45, 2.75) is 6.92 Å². The maximum atomic E-state index is 5.31. The van der Waals surface area contributed by atoms with E-state index in [0.29, 0.717) is 0 Å². The van der Waals surface area contributed by atoms with E-state index in [1.165, 1.54) is 26.2 Å². The Balaban J connectivity index is 2.01. The number of rotatable bonds is 4. The van der Waals surface area contributed by atoms with Gasteiger partial charge in [-0.25, -0.2) is 3.11 Å². The lowest BCUT2D eigenvalue weighted by molar-refractivity contribution is 0.101. The topological polar surface area (TPSA) is 15.7 Å². The lowest BCUT2D eigenvalue weighted by Crippen LogP contribution is -2.43. The fourth-order valence-corrected chi connectivity index (χ4v) is 1.72. The average Bonchev–Trinajstić information content (AvgIpc) is 2.09. The van der Waals surface area contributed by atoms with E-state index < -0.39 is 0 Å². The highest BCUT2D eigenvalue weighted by atomic mass is 127. The van der Waals surface area contributed by atoms with Gasteiger partial charge in [-0.1, -0.05) is 0 Å². The summed E-state index contributed by atoms with van der Waals surface area (Å²) in [6, 6.07) is 0. The van der Waals surface area contributed by atoms with E-state index in [-0.39, 0.29) is 0 Å². The van der Waals surface area contributed by atoms with Gasteiger partial charge >= 0.3 is 0 Å². The fourth-order valence-electron chi connectivity index (χ4n) is 1.29. The van der Waals surface area contributed by atoms with E-state index in [4.69, 9.17) is 4.74 Å². The first-order chi connectivity index (χ1) is 5.83. The zero-order valence-electron chi connectivity index (χ0n) is 7.63. The molecule has 0 atom stereocenters. The zero-order chi connectivity index (χ0) is 8.81. The van der Waals surface area contributed by atoms with Crippen LogP contribution in [0, 0.1) is 0 Å². The van der Waals surface area contributed by atoms with Crippen LogP contribution >= 0.6 is 22.9 Å². The summed E-state index contributed by atoms with van der Waals surface area (Å²) in [5.74, 6) is 0. The number of ether oxygens (including phenoxy) is 1. The van der Waals surface area contributed by atoms with Crippen LogP contribution in [0.15, 0.2) is 0 Å². The van der Waals surface area contributed by atoms with Gasteiger partial charge in [0.15, 0.2) is 0 Å². The maximum Gasteiger partial charge on any atom is 0.0593 e. The van der Waals surface area contributed by atoms with Crippen LogP contribution in [0.5, 0.6) is 0 Å². The molecule has 1 aliphatic rings. The summed E-state index contributed by atoms with van der Waals surface area (Å²) in [7, 11) is 0. The highest BCUT2D eigenvalue weighted by Gasteiger charge is 2.13. The van der Waals surface area contributed by atoms with Crippen molar-refractivity contribution in [1.29, 1.82) is 0 Å². The predicted octanol–water partition coefficient (Wildman–Crippen LogP) is 0.991. The van der Waals surface area contributed by atoms with Crippen molar-refractivity contribution in [1.82, 2.24) is 8.01 Å². The number of piperazine rings is 1. The van der Waals surface area contributed by atoms with Gasteiger partial charge < -0.3 is 4.74 Å². The molecule has 3 nitrogen and oxygen atoms in total. The molecule has 0 unspecified atom stereocenters. The Kier molecular flexibility index (Phi) is 5.45. The molecule has 0 N–H and O–H groups in total. The molecule has 0 aromatic carbocycles. The van der Waals surface area contributed by atoms with Gasteiger partial charge in [0, 0.05) is 62.2 Å². The highest BCUT2D eigenvalue weighted by Crippen LogP contribution is 2.05. The van der Waals surface area contributed by atoms with E-state index >= 15 is 0 Å². The third-order valence-corrected chi connectivity index (χ3v) is 3.04. The molecule has 1 aliphatic heterocycles. The second kappa shape index (κ2) is 6.12. The van der Waals surface area contributed by atoms with Crippen LogP contribution in [-0.4, -0.2) is 54.0 Å². The third kappa shape index (κ3) is 4.02. The van der Waals surface area contributed by atoms with Gasteiger partial charge in [0.05, 0.1) is 6.61 Å². The number of hydrogen-bond donors (Lipinski definition) is 0. The SMILES string of the molecule is CCOCCN1CCN(I)CC1. The summed E-state index contributed by atoms with van der Waals surface area (Å²) in [5, 5.41) is 0. The van der Waals surface area contributed by atoms with Gasteiger partial charge in [0.2, 0.25) is 0 Å². The van der Waals surface area contributed by atoms with Crippen LogP contribution in [0.2, 0.25) is 0 Å². The Labute approximate surface area is 88.5 Å². The molecule has 1 saturated heterocycles. The maximum absolute atomic E-state index is 5.31. The van der Waals surface area contributed by atoms with E-state index in [0.717, 1.165) is 19.8 Å². The molecule has 0 spiro atoms. The molecule has 72 valence electrons. The normalized spacial score (nSPS) is 21.5. The minimum absolute atomic E-state index is 0.840. The van der Waals surface area contributed by atoms with Crippen molar-refractivity contribution in [2.24, 2.45) is 0 Å². The molecule has 0 aliphatic carbocycles. The molecule has 1 heterocycles. The van der Waals surface area contributed by atoms with Crippen LogP contribution in [-0.2, 0) is 4.74 Å². The molecule has 1 rings (SSSR count). The van der Waals surface area contributed by atoms with Crippen molar-refractivity contribution < 1.29 is 4.74 Å². The Morgan fingerprint density at radius 2 is 1.92 bits per heavy atom. The summed E-state index contributed by atoms with van der Waals surface area (Å²) in [5.41, 5.74) is 0. The van der Waals surface area contributed by atoms with Crippen molar-refractivity contribution >= 4 is 22.9 Å². The Morgan fingerprint density at radius 1 is 1.25 bits per heavy atom. The Morgan fingerprint density at radius 3 is 2.50 bits per heavy atom. The van der Waals surface area contributed by atoms with E-state index in [9.17, 15) is 0 Å². The first-order valence-corrected chi connectivity index (χ1v) is 5.50. The van der Waals surface area contributed by atoms with Crippen molar-refractivity contribution in [2.75, 3.05) is 45.9 Å². The van der Waals surface area contributed by atoms with E-state index in [1.54, 1.807) is 0 Å². The van der Waals surface area contributed by atoms with Crippen molar-refractivity contribution in [3.05, 3.63) is 0 Å². The molecule has 0 amide bonds. The lowest BCUT2D eigenvalue weighted by Gasteiger charge is -2.30. The summed E-state index contributed by atoms with van der Waals surface area (Å²) >= 11 is 2.39. The zero-order valence-corrected chi connectivity index (χ0v) is 9.79. The summed E-state index contributed by atoms with van der Waals surface area (Å²) in [4.78, 5) is 2.46. The van der Waals surface area contributed by atoms with Gasteiger partial charge in [-0.05, 0) is 6.92 Å². The molecule has 0 aromatic heterocycles. The van der Waals surface area contributed by atoms with E-state index in [2.05, 4.69) is 30.9 Å². The summed E-state index contributed by atoms with van der Waals surface area (Å²) < 4.78 is 7.65. The third-order valence-electron chi connectivity index (χ3n) is 2.07. The van der Waals surface area contributed by atoms with Crippen molar-refractivity contribution in [3.8, 4) is 0 Å². The fraction of sp³-hybridized carbons (Fsp3) is 1.00. The first-order valence-electron chi connectivity index (χ1n) is 4.53. The molecular weight excluding hydrogens is 267 g/mol. The second-order valence-electron chi connectivity index (χ2n) is 2.95. The lowest BCUT2D eigenvalue weighted by atomic mass is 10.4. The molecule has 0 saturated carbocycles. The highest BCUT2D eigenvalue weighted by molar-refractivity contribution is 14.1. The number of nitrogens with zero attached hydrogens (tertiary/aromatic N) is 2. The second-order valence-corrected chi connectivity index (χ2v) is 4.31. The van der Waals surface area contributed by atoms with Gasteiger partial charge in [-0.15, -0.1) is 0 Å². The number of hydrogen-bond acceptors (Lipinski definition) is 3. The first kappa shape index (κ1) is 10.7. The largest absolute Gasteiger partial charge is 0.380 e. The number of halogens is 1. The smallest absolute Gasteiger partial charge is 0.0593 e. The minimum Gasteiger partial charge on any atom is -0.380 e. The predicted molar refractivity (Wildman–Crippen MR) is 58.5 cm³/mol. The van der Waals surface area contributed by atoms with Crippen LogP contribution < -0.4 is 0 Å². The Hall–Kier alpha value is 0.610. The molecular formula is C8H17IN2O. The van der Waals surface area contributed by atoms with E-state index in [1.807, 2.05) is 6.92 Å². The van der Waals surface area contributed by atoms with Gasteiger partial charge in [0.1, 0.15) is 0 Å². The average molecular weight is 284 g/mol. The molecule has 12 heavy (non-hydrogen) atoms. The van der Waals surface area contributed by atoms with Crippen LogP contribution in [0.3, 0.4) is 0 Å². The van der Waals surface area contributed by atoms with Crippen LogP contribution in [0.1, 0.15) is 6.92 Å². The van der Waals surface area contributed by atoms with Gasteiger partial charge in [-0.2, -0.15) is 0 Å².